The third-order valence-electron chi connectivity index (χ3n) is 4.33. The summed E-state index contributed by atoms with van der Waals surface area (Å²) >= 11 is 1.72. The van der Waals surface area contributed by atoms with Crippen LogP contribution in [-0.4, -0.2) is 16.0 Å². The van der Waals surface area contributed by atoms with Gasteiger partial charge in [-0.25, -0.2) is 4.68 Å². The van der Waals surface area contributed by atoms with E-state index in [9.17, 15) is 0 Å². The molecule has 0 bridgehead atoms. The lowest BCUT2D eigenvalue weighted by Crippen LogP contribution is -1.98. The lowest BCUT2D eigenvalue weighted by atomic mass is 10.1. The van der Waals surface area contributed by atoms with Crippen LogP contribution in [0.25, 0.3) is 16.9 Å². The Balaban J connectivity index is 1.77. The maximum Gasteiger partial charge on any atom is 0.114 e. The number of benzene rings is 3. The monoisotopic (exact) mass is 353 g/mol. The molecule has 0 fully saturated rings. The molecule has 0 saturated carbocycles. The van der Waals surface area contributed by atoms with E-state index in [4.69, 9.17) is 10.1 Å². The van der Waals surface area contributed by atoms with Gasteiger partial charge in [0.25, 0.3) is 0 Å². The first-order chi connectivity index (χ1) is 12.9. The summed E-state index contributed by atoms with van der Waals surface area (Å²) in [6, 6.07) is 28.8. The quantitative estimate of drug-likeness (QED) is 0.404. The van der Waals surface area contributed by atoms with Crippen molar-refractivity contribution in [1.82, 2.24) is 9.78 Å². The molecular weight excluding hydrogens is 338 g/mol. The van der Waals surface area contributed by atoms with Gasteiger partial charge in [-0.3, -0.25) is 4.99 Å². The SMILES string of the molecule is C1=Nc2ccccc2Sc2c1c(-c1ccccc1)nn2-c1ccccc1. The van der Waals surface area contributed by atoms with Gasteiger partial charge < -0.3 is 0 Å². The van der Waals surface area contributed by atoms with Crippen molar-refractivity contribution < 1.29 is 0 Å². The van der Waals surface area contributed by atoms with Crippen molar-refractivity contribution in [1.29, 1.82) is 0 Å². The van der Waals surface area contributed by atoms with Gasteiger partial charge in [0.1, 0.15) is 10.7 Å². The predicted octanol–water partition coefficient (Wildman–Crippen LogP) is 5.75. The maximum atomic E-state index is 4.95. The van der Waals surface area contributed by atoms with Gasteiger partial charge in [-0.1, -0.05) is 72.4 Å². The van der Waals surface area contributed by atoms with Crippen LogP contribution in [0.4, 0.5) is 5.69 Å². The summed E-state index contributed by atoms with van der Waals surface area (Å²) in [7, 11) is 0. The van der Waals surface area contributed by atoms with Crippen molar-refractivity contribution in [3.63, 3.8) is 0 Å². The molecule has 3 aromatic carbocycles. The molecule has 0 saturated heterocycles. The van der Waals surface area contributed by atoms with E-state index in [2.05, 4.69) is 30.3 Å². The molecule has 4 aromatic rings. The van der Waals surface area contributed by atoms with E-state index in [0.29, 0.717) is 0 Å². The molecule has 0 unspecified atom stereocenters. The Morgan fingerprint density at radius 1 is 0.731 bits per heavy atom. The molecule has 2 heterocycles. The zero-order valence-corrected chi connectivity index (χ0v) is 14.7. The van der Waals surface area contributed by atoms with Crippen LogP contribution < -0.4 is 0 Å². The number of para-hydroxylation sites is 2. The molecule has 0 atom stereocenters. The molecule has 0 aliphatic carbocycles. The van der Waals surface area contributed by atoms with Crippen LogP contribution in [0.1, 0.15) is 5.56 Å². The van der Waals surface area contributed by atoms with E-state index in [1.54, 1.807) is 11.8 Å². The van der Waals surface area contributed by atoms with Gasteiger partial charge in [0.05, 0.1) is 16.9 Å². The summed E-state index contributed by atoms with van der Waals surface area (Å²) in [4.78, 5) is 5.86. The molecular formula is C22H15N3S. The molecule has 124 valence electrons. The summed E-state index contributed by atoms with van der Waals surface area (Å²) in [6.45, 7) is 0. The van der Waals surface area contributed by atoms with E-state index < -0.39 is 0 Å². The number of hydrogen-bond donors (Lipinski definition) is 0. The Kier molecular flexibility index (Phi) is 3.68. The third-order valence-corrected chi connectivity index (χ3v) is 5.48. The van der Waals surface area contributed by atoms with E-state index in [1.807, 2.05) is 65.5 Å². The second kappa shape index (κ2) is 6.32. The molecule has 0 spiro atoms. The predicted molar refractivity (Wildman–Crippen MR) is 107 cm³/mol. The van der Waals surface area contributed by atoms with Gasteiger partial charge in [-0.2, -0.15) is 5.10 Å². The number of aliphatic imine (C=N–C) groups is 1. The number of nitrogens with zero attached hydrogens (tertiary/aromatic N) is 3. The first-order valence-electron chi connectivity index (χ1n) is 8.45. The average molecular weight is 353 g/mol. The summed E-state index contributed by atoms with van der Waals surface area (Å²) in [5, 5.41) is 6.04. The molecule has 0 N–H and O–H groups in total. The van der Waals surface area contributed by atoms with Gasteiger partial charge in [0.2, 0.25) is 0 Å². The van der Waals surface area contributed by atoms with Crippen LogP contribution in [0.3, 0.4) is 0 Å². The van der Waals surface area contributed by atoms with E-state index in [0.717, 1.165) is 38.1 Å². The standard InChI is InChI=1S/C22H15N3S/c1-3-9-16(10-4-1)21-18-15-23-19-13-7-8-14-20(19)26-22(18)25(24-21)17-11-5-2-6-12-17/h1-15H. The lowest BCUT2D eigenvalue weighted by Gasteiger charge is -2.07. The van der Waals surface area contributed by atoms with Crippen molar-refractivity contribution in [2.24, 2.45) is 4.99 Å². The highest BCUT2D eigenvalue weighted by atomic mass is 32.2. The summed E-state index contributed by atoms with van der Waals surface area (Å²) in [5.41, 5.74) is 5.14. The fourth-order valence-corrected chi connectivity index (χ4v) is 4.14. The molecule has 1 aliphatic rings. The molecule has 4 heteroatoms. The number of rotatable bonds is 2. The molecule has 0 amide bonds. The normalized spacial score (nSPS) is 12.3. The highest BCUT2D eigenvalue weighted by molar-refractivity contribution is 7.99. The van der Waals surface area contributed by atoms with Gasteiger partial charge >= 0.3 is 0 Å². The van der Waals surface area contributed by atoms with Crippen LogP contribution in [0.5, 0.6) is 0 Å². The van der Waals surface area contributed by atoms with Crippen molar-refractivity contribution >= 4 is 23.7 Å². The largest absolute Gasteiger partial charge is 0.255 e. The van der Waals surface area contributed by atoms with Gasteiger partial charge in [-0.15, -0.1) is 0 Å². The van der Waals surface area contributed by atoms with E-state index in [1.165, 1.54) is 0 Å². The summed E-state index contributed by atoms with van der Waals surface area (Å²) < 4.78 is 2.02. The minimum Gasteiger partial charge on any atom is -0.255 e. The smallest absolute Gasteiger partial charge is 0.114 e. The fourth-order valence-electron chi connectivity index (χ4n) is 3.07. The average Bonchev–Trinajstić information content (AvgIpc) is 2.95. The van der Waals surface area contributed by atoms with Crippen LogP contribution in [-0.2, 0) is 0 Å². The second-order valence-electron chi connectivity index (χ2n) is 6.01. The Hall–Kier alpha value is -3.11. The molecule has 3 nitrogen and oxygen atoms in total. The number of fused-ring (bicyclic) bond motifs is 2. The maximum absolute atomic E-state index is 4.95. The summed E-state index contributed by atoms with van der Waals surface area (Å²) in [6.07, 6.45) is 1.95. The third kappa shape index (κ3) is 2.55. The topological polar surface area (TPSA) is 30.2 Å². The molecule has 1 aromatic heterocycles. The van der Waals surface area contributed by atoms with Crippen LogP contribution in [0.2, 0.25) is 0 Å². The van der Waals surface area contributed by atoms with Crippen molar-refractivity contribution in [2.45, 2.75) is 9.92 Å². The Labute approximate surface area is 156 Å². The van der Waals surface area contributed by atoms with Crippen LogP contribution in [0, 0.1) is 0 Å². The van der Waals surface area contributed by atoms with Crippen molar-refractivity contribution in [2.75, 3.05) is 0 Å². The van der Waals surface area contributed by atoms with E-state index >= 15 is 0 Å². The molecule has 5 rings (SSSR count). The number of aromatic nitrogens is 2. The van der Waals surface area contributed by atoms with Crippen LogP contribution >= 0.6 is 11.8 Å². The Bertz CT molecular complexity index is 1100. The lowest BCUT2D eigenvalue weighted by molar-refractivity contribution is 0.805. The first kappa shape index (κ1) is 15.2. The number of hydrogen-bond acceptors (Lipinski definition) is 3. The van der Waals surface area contributed by atoms with Gasteiger partial charge in [0, 0.05) is 16.7 Å². The highest BCUT2D eigenvalue weighted by Crippen LogP contribution is 2.42. The zero-order valence-electron chi connectivity index (χ0n) is 13.9. The highest BCUT2D eigenvalue weighted by Gasteiger charge is 2.22. The van der Waals surface area contributed by atoms with Gasteiger partial charge in [-0.05, 0) is 24.3 Å². The zero-order chi connectivity index (χ0) is 17.3. The van der Waals surface area contributed by atoms with Crippen molar-refractivity contribution in [3.05, 3.63) is 90.5 Å². The Morgan fingerprint density at radius 2 is 1.42 bits per heavy atom. The first-order valence-corrected chi connectivity index (χ1v) is 9.26. The Morgan fingerprint density at radius 3 is 2.23 bits per heavy atom. The minimum absolute atomic E-state index is 0.952. The van der Waals surface area contributed by atoms with Crippen molar-refractivity contribution in [3.8, 4) is 16.9 Å². The minimum atomic E-state index is 0.952. The summed E-state index contributed by atoms with van der Waals surface area (Å²) in [5.74, 6) is 0. The van der Waals surface area contributed by atoms with Gasteiger partial charge in [0.15, 0.2) is 0 Å². The molecule has 26 heavy (non-hydrogen) atoms. The molecule has 0 radical (unpaired) electrons. The fraction of sp³-hybridized carbons (Fsp3) is 0. The van der Waals surface area contributed by atoms with E-state index in [-0.39, 0.29) is 0 Å². The van der Waals surface area contributed by atoms with Crippen LogP contribution in [0.15, 0.2) is 99.8 Å². The second-order valence-corrected chi connectivity index (χ2v) is 7.04. The molecule has 1 aliphatic heterocycles.